The van der Waals surface area contributed by atoms with Crippen LogP contribution in [0.25, 0.3) is 0 Å². The van der Waals surface area contributed by atoms with Crippen LogP contribution in [0.1, 0.15) is 24.4 Å². The Bertz CT molecular complexity index is 1010. The van der Waals surface area contributed by atoms with Gasteiger partial charge in [0, 0.05) is 28.0 Å². The first-order valence-corrected chi connectivity index (χ1v) is 11.4. The number of hydrogen-bond acceptors (Lipinski definition) is 5. The van der Waals surface area contributed by atoms with Gasteiger partial charge < -0.3 is 25.1 Å². The minimum Gasteiger partial charge on any atom is -0.484 e. The standard InChI is InChI=1S/C20H22ClF4N3O4Si/c21-13-3-1-11(7-14(13)22)31-9-17(29)28-19(33)6-5-15(27-10-19)18(30)26-8-12-2-4-16(32-12)20(23,24)25/h1-4,7,15,27H,5-6,8-10H2,33H3,(H,26,30)(H,28,29)/t15-,19+/m1/s1. The first kappa shape index (κ1) is 25.1. The molecule has 2 atom stereocenters. The molecule has 2 amide bonds. The van der Waals surface area contributed by atoms with Gasteiger partial charge in [0.25, 0.3) is 5.91 Å². The van der Waals surface area contributed by atoms with Gasteiger partial charge in [0.05, 0.1) is 17.6 Å². The molecule has 1 aromatic heterocycles. The number of carbonyl (C=O) groups excluding carboxylic acids is 2. The molecule has 1 aliphatic rings. The molecule has 180 valence electrons. The van der Waals surface area contributed by atoms with E-state index in [4.69, 9.17) is 16.3 Å². The Labute approximate surface area is 194 Å². The summed E-state index contributed by atoms with van der Waals surface area (Å²) in [7, 11) is 0.589. The largest absolute Gasteiger partial charge is 0.484 e. The van der Waals surface area contributed by atoms with Crippen molar-refractivity contribution in [3.63, 3.8) is 0 Å². The maximum Gasteiger partial charge on any atom is 0.449 e. The SMILES string of the molecule is O=C(COc1ccc(Cl)c(F)c1)N[C@]1([SiH3])CC[C@H](C(=O)NCc2ccc(C(F)(F)F)o2)NC1. The van der Waals surface area contributed by atoms with Gasteiger partial charge in [-0.15, -0.1) is 0 Å². The molecule has 0 saturated carbocycles. The Morgan fingerprint density at radius 1 is 1.30 bits per heavy atom. The van der Waals surface area contributed by atoms with E-state index in [9.17, 15) is 27.2 Å². The molecule has 0 spiro atoms. The highest BCUT2D eigenvalue weighted by Crippen LogP contribution is 2.30. The molecule has 1 aliphatic heterocycles. The Kier molecular flexibility index (Phi) is 7.70. The van der Waals surface area contributed by atoms with Crippen LogP contribution < -0.4 is 20.7 Å². The number of piperidine rings is 1. The van der Waals surface area contributed by atoms with Crippen LogP contribution in [0.2, 0.25) is 5.02 Å². The third-order valence-electron chi connectivity index (χ3n) is 5.12. The maximum absolute atomic E-state index is 13.4. The van der Waals surface area contributed by atoms with E-state index in [0.29, 0.717) is 29.6 Å². The average molecular weight is 508 g/mol. The van der Waals surface area contributed by atoms with Gasteiger partial charge in [-0.25, -0.2) is 4.39 Å². The molecule has 3 rings (SSSR count). The van der Waals surface area contributed by atoms with Crippen LogP contribution >= 0.6 is 11.6 Å². The molecule has 0 bridgehead atoms. The Morgan fingerprint density at radius 2 is 2.06 bits per heavy atom. The number of hydrogen-bond donors (Lipinski definition) is 3. The molecule has 2 heterocycles. The van der Waals surface area contributed by atoms with Crippen molar-refractivity contribution in [3.8, 4) is 5.75 Å². The van der Waals surface area contributed by atoms with Gasteiger partial charge >= 0.3 is 6.18 Å². The lowest BCUT2D eigenvalue weighted by Gasteiger charge is -2.38. The van der Waals surface area contributed by atoms with Gasteiger partial charge in [0.2, 0.25) is 11.7 Å². The van der Waals surface area contributed by atoms with E-state index >= 15 is 0 Å². The summed E-state index contributed by atoms with van der Waals surface area (Å²) in [5.74, 6) is -2.36. The number of benzene rings is 1. The second-order valence-electron chi connectivity index (χ2n) is 7.93. The zero-order chi connectivity index (χ0) is 24.2. The van der Waals surface area contributed by atoms with Gasteiger partial charge in [0.1, 0.15) is 17.3 Å². The molecule has 3 N–H and O–H groups in total. The van der Waals surface area contributed by atoms with Crippen molar-refractivity contribution >= 4 is 33.7 Å². The van der Waals surface area contributed by atoms with Gasteiger partial charge in [-0.2, -0.15) is 13.2 Å². The van der Waals surface area contributed by atoms with Crippen LogP contribution in [0.3, 0.4) is 0 Å². The predicted molar refractivity (Wildman–Crippen MR) is 114 cm³/mol. The monoisotopic (exact) mass is 507 g/mol. The average Bonchev–Trinajstić information content (AvgIpc) is 3.23. The normalized spacial score (nSPS) is 20.9. The van der Waals surface area contributed by atoms with Gasteiger partial charge in [-0.05, 0) is 37.1 Å². The highest BCUT2D eigenvalue weighted by atomic mass is 35.5. The molecule has 0 radical (unpaired) electrons. The van der Waals surface area contributed by atoms with Crippen molar-refractivity contribution in [2.75, 3.05) is 13.2 Å². The second kappa shape index (κ2) is 10.1. The molecular weight excluding hydrogens is 486 g/mol. The number of alkyl halides is 3. The van der Waals surface area contributed by atoms with Crippen molar-refractivity contribution < 1.29 is 36.3 Å². The molecule has 1 saturated heterocycles. The Hall–Kier alpha value is -2.57. The quantitative estimate of drug-likeness (QED) is 0.392. The minimum absolute atomic E-state index is 0.00318. The van der Waals surface area contributed by atoms with Gasteiger partial charge in [0.15, 0.2) is 6.61 Å². The van der Waals surface area contributed by atoms with Crippen LogP contribution in [0.15, 0.2) is 34.7 Å². The Morgan fingerprint density at radius 3 is 2.67 bits per heavy atom. The molecule has 1 fully saturated rings. The number of nitrogens with one attached hydrogen (secondary N) is 3. The topological polar surface area (TPSA) is 92.6 Å². The lowest BCUT2D eigenvalue weighted by Crippen LogP contribution is -2.63. The van der Waals surface area contributed by atoms with Crippen molar-refractivity contribution in [1.29, 1.82) is 0 Å². The van der Waals surface area contributed by atoms with E-state index < -0.39 is 29.0 Å². The zero-order valence-corrected chi connectivity index (χ0v) is 20.3. The summed E-state index contributed by atoms with van der Waals surface area (Å²) in [4.78, 5) is 24.6. The summed E-state index contributed by atoms with van der Waals surface area (Å²) in [5.41, 5.74) is 0. The lowest BCUT2D eigenvalue weighted by molar-refractivity contribution is -0.153. The number of carbonyl (C=O) groups is 2. The van der Waals surface area contributed by atoms with Crippen molar-refractivity contribution in [2.24, 2.45) is 0 Å². The smallest absolute Gasteiger partial charge is 0.449 e. The summed E-state index contributed by atoms with van der Waals surface area (Å²) in [6, 6.07) is 5.30. The van der Waals surface area contributed by atoms with E-state index in [-0.39, 0.29) is 41.5 Å². The molecule has 0 unspecified atom stereocenters. The molecule has 2 aromatic rings. The van der Waals surface area contributed by atoms with Crippen LogP contribution in [0.5, 0.6) is 5.75 Å². The molecule has 1 aromatic carbocycles. The molecule has 33 heavy (non-hydrogen) atoms. The van der Waals surface area contributed by atoms with Crippen molar-refractivity contribution in [3.05, 3.63) is 52.7 Å². The summed E-state index contributed by atoms with van der Waals surface area (Å²) in [6.45, 7) is -0.131. The zero-order valence-electron chi connectivity index (χ0n) is 17.5. The molecule has 0 aliphatic carbocycles. The fourth-order valence-electron chi connectivity index (χ4n) is 3.34. The minimum atomic E-state index is -4.58. The number of halogens is 5. The molecule has 7 nitrogen and oxygen atoms in total. The van der Waals surface area contributed by atoms with E-state index in [1.165, 1.54) is 12.1 Å². The molecular formula is C20H22ClF4N3O4Si. The fourth-order valence-corrected chi connectivity index (χ4v) is 4.23. The van der Waals surface area contributed by atoms with Crippen molar-refractivity contribution in [1.82, 2.24) is 16.0 Å². The third-order valence-corrected chi connectivity index (χ3v) is 6.53. The van der Waals surface area contributed by atoms with E-state index in [1.807, 2.05) is 0 Å². The number of amides is 2. The van der Waals surface area contributed by atoms with Crippen LogP contribution in [-0.2, 0) is 22.3 Å². The number of rotatable bonds is 7. The summed E-state index contributed by atoms with van der Waals surface area (Å²) in [5, 5.41) is 7.94. The van der Waals surface area contributed by atoms with Gasteiger partial charge in [-0.1, -0.05) is 11.6 Å². The maximum atomic E-state index is 13.4. The first-order chi connectivity index (χ1) is 15.4. The van der Waals surface area contributed by atoms with E-state index in [1.54, 1.807) is 0 Å². The Balaban J connectivity index is 1.42. The van der Waals surface area contributed by atoms with Crippen LogP contribution in [-0.4, -0.2) is 46.4 Å². The highest BCUT2D eigenvalue weighted by Gasteiger charge is 2.36. The predicted octanol–water partition coefficient (Wildman–Crippen LogP) is 1.72. The first-order valence-electron chi connectivity index (χ1n) is 10.0. The van der Waals surface area contributed by atoms with Gasteiger partial charge in [-0.3, -0.25) is 9.59 Å². The second-order valence-corrected chi connectivity index (χ2v) is 10.2. The summed E-state index contributed by atoms with van der Waals surface area (Å²) in [6.07, 6.45) is -3.63. The van der Waals surface area contributed by atoms with E-state index in [0.717, 1.165) is 18.2 Å². The highest BCUT2D eigenvalue weighted by molar-refractivity contribution is 6.30. The lowest BCUT2D eigenvalue weighted by atomic mass is 9.99. The summed E-state index contributed by atoms with van der Waals surface area (Å²) < 4.78 is 61.1. The fraction of sp³-hybridized carbons (Fsp3) is 0.400. The van der Waals surface area contributed by atoms with Crippen LogP contribution in [0.4, 0.5) is 17.6 Å². The summed E-state index contributed by atoms with van der Waals surface area (Å²) >= 11 is 5.61. The third kappa shape index (κ3) is 6.95. The van der Waals surface area contributed by atoms with Crippen molar-refractivity contribution in [2.45, 2.75) is 36.8 Å². The van der Waals surface area contributed by atoms with E-state index in [2.05, 4.69) is 20.4 Å². The molecule has 13 heteroatoms. The number of furan rings is 1. The number of ether oxygens (including phenoxy) is 1. The van der Waals surface area contributed by atoms with Crippen LogP contribution in [0, 0.1) is 5.82 Å².